The largest absolute Gasteiger partial charge is 0.294 e. The highest BCUT2D eigenvalue weighted by molar-refractivity contribution is 7.89. The lowest BCUT2D eigenvalue weighted by molar-refractivity contribution is 0.146. The number of hydrogen-bond donors (Lipinski definition) is 0. The molecule has 0 amide bonds. The maximum Gasteiger partial charge on any atom is 0.243 e. The Morgan fingerprint density at radius 2 is 1.35 bits per heavy atom. The number of piperazine rings is 1. The van der Waals surface area contributed by atoms with Gasteiger partial charge in [-0.2, -0.15) is 4.31 Å². The molecule has 3 rings (SSSR count). The van der Waals surface area contributed by atoms with Gasteiger partial charge in [-0.25, -0.2) is 8.42 Å². The molecule has 0 radical (unpaired) electrons. The van der Waals surface area contributed by atoms with Crippen LogP contribution in [0, 0.1) is 0 Å². The van der Waals surface area contributed by atoms with E-state index in [9.17, 15) is 8.42 Å². The summed E-state index contributed by atoms with van der Waals surface area (Å²) in [6.45, 7) is 8.97. The van der Waals surface area contributed by atoms with E-state index in [-0.39, 0.29) is 0 Å². The predicted octanol–water partition coefficient (Wildman–Crippen LogP) is 3.88. The Bertz CT molecular complexity index is 809. The molecular weight excluding hydrogens is 344 g/mol. The van der Waals surface area contributed by atoms with E-state index in [0.717, 1.165) is 18.7 Å². The summed E-state index contributed by atoms with van der Waals surface area (Å²) in [4.78, 5) is 2.75. The number of benzene rings is 2. The average molecular weight is 373 g/mol. The van der Waals surface area contributed by atoms with E-state index in [0.29, 0.717) is 29.9 Å². The maximum atomic E-state index is 12.9. The third kappa shape index (κ3) is 4.00. The molecule has 0 saturated carbocycles. The van der Waals surface area contributed by atoms with E-state index in [1.165, 1.54) is 5.56 Å². The van der Waals surface area contributed by atoms with Crippen molar-refractivity contribution in [1.82, 2.24) is 9.21 Å². The molecule has 0 spiro atoms. The first-order chi connectivity index (χ1) is 12.4. The fourth-order valence-electron chi connectivity index (χ4n) is 3.45. The number of hydrogen-bond acceptors (Lipinski definition) is 3. The first-order valence-corrected chi connectivity index (χ1v) is 10.7. The van der Waals surface area contributed by atoms with E-state index < -0.39 is 10.0 Å². The summed E-state index contributed by atoms with van der Waals surface area (Å²) in [5, 5.41) is 0. The summed E-state index contributed by atoms with van der Waals surface area (Å²) in [6.07, 6.45) is 0. The predicted molar refractivity (Wildman–Crippen MR) is 106 cm³/mol. The Morgan fingerprint density at radius 1 is 0.769 bits per heavy atom. The maximum absolute atomic E-state index is 12.9. The quantitative estimate of drug-likeness (QED) is 0.800. The molecule has 2 aromatic rings. The summed E-state index contributed by atoms with van der Waals surface area (Å²) in [5.41, 5.74) is 2.43. The Labute approximate surface area is 157 Å². The van der Waals surface area contributed by atoms with Crippen molar-refractivity contribution in [1.29, 1.82) is 0 Å². The molecule has 4 nitrogen and oxygen atoms in total. The lowest BCUT2D eigenvalue weighted by Crippen LogP contribution is -2.49. The smallest absolute Gasteiger partial charge is 0.243 e. The van der Waals surface area contributed by atoms with E-state index in [1.54, 1.807) is 16.4 Å². The second kappa shape index (κ2) is 7.91. The minimum Gasteiger partial charge on any atom is -0.294 e. The molecule has 0 aliphatic carbocycles. The van der Waals surface area contributed by atoms with Gasteiger partial charge >= 0.3 is 0 Å². The van der Waals surface area contributed by atoms with Crippen LogP contribution in [0.1, 0.15) is 43.9 Å². The number of nitrogens with zero attached hydrogens (tertiary/aromatic N) is 2. The second-order valence-electron chi connectivity index (χ2n) is 7.25. The van der Waals surface area contributed by atoms with Gasteiger partial charge in [-0.1, -0.05) is 56.3 Å². The van der Waals surface area contributed by atoms with Crippen molar-refractivity contribution >= 4 is 10.0 Å². The van der Waals surface area contributed by atoms with Crippen LogP contribution in [0.3, 0.4) is 0 Å². The van der Waals surface area contributed by atoms with Gasteiger partial charge in [-0.05, 0) is 36.1 Å². The van der Waals surface area contributed by atoms with Crippen molar-refractivity contribution in [2.24, 2.45) is 0 Å². The van der Waals surface area contributed by atoms with Crippen molar-refractivity contribution in [2.45, 2.75) is 37.6 Å². The van der Waals surface area contributed by atoms with Crippen molar-refractivity contribution < 1.29 is 8.42 Å². The van der Waals surface area contributed by atoms with Gasteiger partial charge in [0, 0.05) is 32.2 Å². The minimum atomic E-state index is -3.41. The van der Waals surface area contributed by atoms with E-state index in [4.69, 9.17) is 0 Å². The fourth-order valence-corrected chi connectivity index (χ4v) is 4.87. The molecule has 140 valence electrons. The van der Waals surface area contributed by atoms with Crippen molar-refractivity contribution in [3.63, 3.8) is 0 Å². The lowest BCUT2D eigenvalue weighted by Gasteiger charge is -2.37. The molecule has 1 atom stereocenters. The third-order valence-electron chi connectivity index (χ3n) is 5.29. The lowest BCUT2D eigenvalue weighted by atomic mass is 10.0. The van der Waals surface area contributed by atoms with Crippen LogP contribution in [0.25, 0.3) is 0 Å². The number of sulfonamides is 1. The molecule has 0 aromatic heterocycles. The highest BCUT2D eigenvalue weighted by Gasteiger charge is 2.30. The summed E-state index contributed by atoms with van der Waals surface area (Å²) in [7, 11) is -3.41. The Kier molecular flexibility index (Phi) is 5.80. The Balaban J connectivity index is 1.67. The van der Waals surface area contributed by atoms with Crippen molar-refractivity contribution in [3.8, 4) is 0 Å². The fraction of sp³-hybridized carbons (Fsp3) is 0.429. The summed E-state index contributed by atoms with van der Waals surface area (Å²) < 4.78 is 27.5. The second-order valence-corrected chi connectivity index (χ2v) is 9.19. The molecule has 5 heteroatoms. The van der Waals surface area contributed by atoms with Crippen LogP contribution < -0.4 is 0 Å². The molecule has 0 N–H and O–H groups in total. The molecule has 1 aliphatic rings. The average Bonchev–Trinajstić information content (AvgIpc) is 2.68. The highest BCUT2D eigenvalue weighted by Crippen LogP contribution is 2.25. The third-order valence-corrected chi connectivity index (χ3v) is 7.20. The van der Waals surface area contributed by atoms with Crippen LogP contribution in [0.5, 0.6) is 0 Å². The molecular formula is C21H28N2O2S. The van der Waals surface area contributed by atoms with Crippen LogP contribution in [0.4, 0.5) is 0 Å². The first kappa shape index (κ1) is 19.1. The monoisotopic (exact) mass is 372 g/mol. The zero-order valence-electron chi connectivity index (χ0n) is 15.8. The van der Waals surface area contributed by atoms with Crippen LogP contribution >= 0.6 is 0 Å². The van der Waals surface area contributed by atoms with Gasteiger partial charge in [-0.15, -0.1) is 0 Å². The van der Waals surface area contributed by atoms with Gasteiger partial charge in [0.2, 0.25) is 10.0 Å². The van der Waals surface area contributed by atoms with E-state index in [2.05, 4.69) is 37.8 Å². The summed E-state index contributed by atoms with van der Waals surface area (Å²) >= 11 is 0. The normalized spacial score (nSPS) is 18.2. The minimum absolute atomic E-state index is 0.298. The molecule has 26 heavy (non-hydrogen) atoms. The summed E-state index contributed by atoms with van der Waals surface area (Å²) in [6, 6.07) is 18.0. The van der Waals surface area contributed by atoms with Crippen LogP contribution in [0.15, 0.2) is 59.5 Å². The topological polar surface area (TPSA) is 40.6 Å². The zero-order valence-corrected chi connectivity index (χ0v) is 16.6. The van der Waals surface area contributed by atoms with Crippen LogP contribution in [0.2, 0.25) is 0 Å². The zero-order chi connectivity index (χ0) is 18.7. The SMILES string of the molecule is CC(C)c1ccc(S(=O)(=O)N2CCN([C@@H](C)c3ccccc3)CC2)cc1. The van der Waals surface area contributed by atoms with Gasteiger partial charge in [0.1, 0.15) is 0 Å². The molecule has 2 aromatic carbocycles. The van der Waals surface area contributed by atoms with Crippen LogP contribution in [-0.2, 0) is 10.0 Å². The molecule has 1 aliphatic heterocycles. The molecule has 1 fully saturated rings. The summed E-state index contributed by atoms with van der Waals surface area (Å²) in [5.74, 6) is 0.398. The van der Waals surface area contributed by atoms with E-state index in [1.807, 2.05) is 30.3 Å². The molecule has 0 unspecified atom stereocenters. The molecule has 1 heterocycles. The molecule has 1 saturated heterocycles. The molecule has 0 bridgehead atoms. The number of rotatable bonds is 5. The Hall–Kier alpha value is -1.69. The standard InChI is InChI=1S/C21H28N2O2S/c1-17(2)19-9-11-21(12-10-19)26(24,25)23-15-13-22(14-16-23)18(3)20-7-5-4-6-8-20/h4-12,17-18H,13-16H2,1-3H3/t18-/m0/s1. The van der Waals surface area contributed by atoms with Crippen molar-refractivity contribution in [3.05, 3.63) is 65.7 Å². The van der Waals surface area contributed by atoms with Crippen LogP contribution in [-0.4, -0.2) is 43.8 Å². The van der Waals surface area contributed by atoms with Gasteiger partial charge in [0.05, 0.1) is 4.90 Å². The van der Waals surface area contributed by atoms with Crippen molar-refractivity contribution in [2.75, 3.05) is 26.2 Å². The van der Waals surface area contributed by atoms with Gasteiger partial charge in [-0.3, -0.25) is 4.90 Å². The van der Waals surface area contributed by atoms with Gasteiger partial charge in [0.25, 0.3) is 0 Å². The van der Waals surface area contributed by atoms with Gasteiger partial charge < -0.3 is 0 Å². The Morgan fingerprint density at radius 3 is 1.88 bits per heavy atom. The highest BCUT2D eigenvalue weighted by atomic mass is 32.2. The van der Waals surface area contributed by atoms with Gasteiger partial charge in [0.15, 0.2) is 0 Å². The van der Waals surface area contributed by atoms with E-state index >= 15 is 0 Å². The first-order valence-electron chi connectivity index (χ1n) is 9.28.